The van der Waals surface area contributed by atoms with Crippen LogP contribution in [0.5, 0.6) is 0 Å². The molecule has 1 aromatic heterocycles. The zero-order valence-corrected chi connectivity index (χ0v) is 19.2. The molecule has 0 aliphatic carbocycles. The summed E-state index contributed by atoms with van der Waals surface area (Å²) in [4.78, 5) is 41.8. The van der Waals surface area contributed by atoms with Crippen molar-refractivity contribution in [3.8, 4) is 0 Å². The first-order valence-corrected chi connectivity index (χ1v) is 10.7. The molecule has 3 aromatic rings. The number of benzene rings is 2. The van der Waals surface area contributed by atoms with E-state index in [0.717, 1.165) is 11.1 Å². The Hall–Kier alpha value is -3.56. The molecule has 0 aliphatic heterocycles. The standard InChI is InChI=1S/C23H26ClN5O4/c1-15-8-9-18(17(24)12-15)26-13-19(30)28(10-11-33-2)20-21(25)29(23(32)27-22(20)31)14-16-6-4-3-5-7-16/h3-9,12,26H,10-11,13-14,25H2,1-2H3,(H,27,31,32). The minimum atomic E-state index is -0.750. The number of amides is 1. The van der Waals surface area contributed by atoms with Gasteiger partial charge in [-0.05, 0) is 30.2 Å². The number of aryl methyl sites for hydroxylation is 1. The third kappa shape index (κ3) is 5.82. The van der Waals surface area contributed by atoms with E-state index in [9.17, 15) is 14.4 Å². The van der Waals surface area contributed by atoms with Crippen LogP contribution in [-0.2, 0) is 16.1 Å². The van der Waals surface area contributed by atoms with Gasteiger partial charge in [0.1, 0.15) is 5.82 Å². The van der Waals surface area contributed by atoms with Gasteiger partial charge in [0, 0.05) is 13.7 Å². The van der Waals surface area contributed by atoms with Gasteiger partial charge in [0.2, 0.25) is 5.91 Å². The second kappa shape index (κ2) is 10.8. The van der Waals surface area contributed by atoms with Crippen molar-refractivity contribution in [1.29, 1.82) is 0 Å². The summed E-state index contributed by atoms with van der Waals surface area (Å²) >= 11 is 6.24. The Bertz CT molecular complexity index is 1240. The Kier molecular flexibility index (Phi) is 7.92. The lowest BCUT2D eigenvalue weighted by Gasteiger charge is -2.24. The topological polar surface area (TPSA) is 122 Å². The van der Waals surface area contributed by atoms with Gasteiger partial charge in [0.05, 0.1) is 30.4 Å². The van der Waals surface area contributed by atoms with Gasteiger partial charge < -0.3 is 20.7 Å². The van der Waals surface area contributed by atoms with Gasteiger partial charge in [-0.3, -0.25) is 19.1 Å². The molecule has 174 valence electrons. The van der Waals surface area contributed by atoms with E-state index in [1.165, 1.54) is 16.6 Å². The van der Waals surface area contributed by atoms with E-state index in [0.29, 0.717) is 10.7 Å². The molecule has 0 saturated carbocycles. The number of nitrogen functional groups attached to an aromatic ring is 1. The zero-order chi connectivity index (χ0) is 24.0. The fourth-order valence-corrected chi connectivity index (χ4v) is 3.64. The van der Waals surface area contributed by atoms with E-state index >= 15 is 0 Å². The molecule has 9 nitrogen and oxygen atoms in total. The maximum absolute atomic E-state index is 13.1. The molecule has 33 heavy (non-hydrogen) atoms. The van der Waals surface area contributed by atoms with Crippen LogP contribution in [0, 0.1) is 6.92 Å². The first-order valence-electron chi connectivity index (χ1n) is 10.3. The average molecular weight is 472 g/mol. The number of carbonyl (C=O) groups excluding carboxylic acids is 1. The Balaban J connectivity index is 1.93. The molecule has 0 radical (unpaired) electrons. The highest BCUT2D eigenvalue weighted by molar-refractivity contribution is 6.33. The molecule has 2 aromatic carbocycles. The summed E-state index contributed by atoms with van der Waals surface area (Å²) in [6, 6.07) is 14.6. The molecule has 0 fully saturated rings. The van der Waals surface area contributed by atoms with Crippen LogP contribution < -0.4 is 27.2 Å². The number of aromatic nitrogens is 2. The smallest absolute Gasteiger partial charge is 0.330 e. The predicted octanol–water partition coefficient (Wildman–Crippen LogP) is 2.22. The maximum atomic E-state index is 13.1. The molecule has 3 rings (SSSR count). The van der Waals surface area contributed by atoms with Crippen molar-refractivity contribution in [1.82, 2.24) is 9.55 Å². The molecule has 1 heterocycles. The lowest BCUT2D eigenvalue weighted by molar-refractivity contribution is -0.117. The van der Waals surface area contributed by atoms with Crippen LogP contribution in [0.1, 0.15) is 11.1 Å². The van der Waals surface area contributed by atoms with E-state index in [-0.39, 0.29) is 37.7 Å². The van der Waals surface area contributed by atoms with Gasteiger partial charge in [-0.1, -0.05) is 48.0 Å². The highest BCUT2D eigenvalue weighted by atomic mass is 35.5. The molecular formula is C23H26ClN5O4. The zero-order valence-electron chi connectivity index (χ0n) is 18.4. The summed E-state index contributed by atoms with van der Waals surface area (Å²) in [7, 11) is 1.48. The van der Waals surface area contributed by atoms with E-state index in [4.69, 9.17) is 22.1 Å². The van der Waals surface area contributed by atoms with Crippen LogP contribution in [-0.4, -0.2) is 42.3 Å². The van der Waals surface area contributed by atoms with Crippen LogP contribution in [0.15, 0.2) is 58.1 Å². The van der Waals surface area contributed by atoms with Crippen molar-refractivity contribution in [2.24, 2.45) is 0 Å². The molecule has 0 bridgehead atoms. The molecule has 10 heteroatoms. The average Bonchev–Trinajstić information content (AvgIpc) is 2.78. The van der Waals surface area contributed by atoms with Gasteiger partial charge in [-0.2, -0.15) is 0 Å². The van der Waals surface area contributed by atoms with Crippen LogP contribution in [0.2, 0.25) is 5.02 Å². The van der Waals surface area contributed by atoms with Gasteiger partial charge >= 0.3 is 5.69 Å². The maximum Gasteiger partial charge on any atom is 0.330 e. The number of anilines is 3. The summed E-state index contributed by atoms with van der Waals surface area (Å²) in [6.07, 6.45) is 0. The van der Waals surface area contributed by atoms with Crippen molar-refractivity contribution in [2.75, 3.05) is 42.8 Å². The monoisotopic (exact) mass is 471 g/mol. The number of H-pyrrole nitrogens is 1. The Morgan fingerprint density at radius 2 is 1.94 bits per heavy atom. The molecule has 1 amide bonds. The number of nitrogens with zero attached hydrogens (tertiary/aromatic N) is 2. The first-order chi connectivity index (χ1) is 15.8. The highest BCUT2D eigenvalue weighted by Crippen LogP contribution is 2.23. The third-order valence-corrected chi connectivity index (χ3v) is 5.35. The quantitative estimate of drug-likeness (QED) is 0.440. The number of aromatic amines is 1. The largest absolute Gasteiger partial charge is 0.383 e. The SMILES string of the molecule is COCCN(C(=O)CNc1ccc(C)cc1Cl)c1c(N)n(Cc2ccccc2)c(=O)[nH]c1=O. The number of hydrogen-bond donors (Lipinski definition) is 3. The number of halogens is 1. The van der Waals surface area contributed by atoms with Crippen LogP contribution >= 0.6 is 11.6 Å². The number of nitrogens with two attached hydrogens (primary N) is 1. The summed E-state index contributed by atoms with van der Waals surface area (Å²) in [5.41, 5.74) is 7.12. The van der Waals surface area contributed by atoms with Gasteiger partial charge in [-0.25, -0.2) is 4.79 Å². The van der Waals surface area contributed by atoms with Crippen molar-refractivity contribution >= 4 is 34.7 Å². The number of carbonyl (C=O) groups is 1. The first kappa shape index (κ1) is 24.1. The molecule has 0 saturated heterocycles. The lowest BCUT2D eigenvalue weighted by atomic mass is 10.2. The van der Waals surface area contributed by atoms with Gasteiger partial charge in [0.25, 0.3) is 5.56 Å². The summed E-state index contributed by atoms with van der Waals surface area (Å²) in [5, 5.41) is 3.46. The molecular weight excluding hydrogens is 446 g/mol. The predicted molar refractivity (Wildman–Crippen MR) is 130 cm³/mol. The lowest BCUT2D eigenvalue weighted by Crippen LogP contribution is -2.44. The number of hydrogen-bond acceptors (Lipinski definition) is 6. The van der Waals surface area contributed by atoms with Crippen molar-refractivity contribution in [2.45, 2.75) is 13.5 Å². The van der Waals surface area contributed by atoms with Gasteiger partial charge in [0.15, 0.2) is 5.69 Å². The molecule has 0 atom stereocenters. The van der Waals surface area contributed by atoms with Crippen LogP contribution in [0.25, 0.3) is 0 Å². The van der Waals surface area contributed by atoms with Gasteiger partial charge in [-0.15, -0.1) is 0 Å². The number of ether oxygens (including phenoxy) is 1. The van der Waals surface area contributed by atoms with E-state index in [2.05, 4.69) is 10.3 Å². The van der Waals surface area contributed by atoms with Crippen LogP contribution in [0.3, 0.4) is 0 Å². The van der Waals surface area contributed by atoms with E-state index in [1.807, 2.05) is 43.3 Å². The van der Waals surface area contributed by atoms with Crippen molar-refractivity contribution < 1.29 is 9.53 Å². The second-order valence-electron chi connectivity index (χ2n) is 7.44. The fraction of sp³-hybridized carbons (Fsp3) is 0.261. The minimum Gasteiger partial charge on any atom is -0.383 e. The summed E-state index contributed by atoms with van der Waals surface area (Å²) in [5.74, 6) is -0.545. The highest BCUT2D eigenvalue weighted by Gasteiger charge is 2.24. The Labute approximate surface area is 195 Å². The summed E-state index contributed by atoms with van der Waals surface area (Å²) < 4.78 is 6.34. The Morgan fingerprint density at radius 1 is 1.21 bits per heavy atom. The second-order valence-corrected chi connectivity index (χ2v) is 7.85. The third-order valence-electron chi connectivity index (χ3n) is 5.04. The molecule has 0 unspecified atom stereocenters. The Morgan fingerprint density at radius 3 is 2.61 bits per heavy atom. The molecule has 0 aliphatic rings. The molecule has 0 spiro atoms. The summed E-state index contributed by atoms with van der Waals surface area (Å²) in [6.45, 7) is 2.12. The van der Waals surface area contributed by atoms with Crippen molar-refractivity contribution in [3.63, 3.8) is 0 Å². The van der Waals surface area contributed by atoms with Crippen LogP contribution in [0.4, 0.5) is 17.2 Å². The number of methoxy groups -OCH3 is 1. The minimum absolute atomic E-state index is 0.0649. The fourth-order valence-electron chi connectivity index (χ4n) is 3.33. The van der Waals surface area contributed by atoms with Crippen molar-refractivity contribution in [3.05, 3.63) is 85.5 Å². The number of nitrogens with one attached hydrogen (secondary N) is 2. The molecule has 4 N–H and O–H groups in total. The number of rotatable bonds is 9. The van der Waals surface area contributed by atoms with E-state index in [1.54, 1.807) is 12.1 Å². The van der Waals surface area contributed by atoms with E-state index < -0.39 is 17.2 Å². The normalized spacial score (nSPS) is 10.8.